The fraction of sp³-hybridized carbons (Fsp3) is 0.545. The van der Waals surface area contributed by atoms with E-state index in [0.29, 0.717) is 17.8 Å². The molecule has 0 aromatic carbocycles. The normalized spacial score (nSPS) is 18.1. The van der Waals surface area contributed by atoms with Gasteiger partial charge in [0.25, 0.3) is 0 Å². The highest BCUT2D eigenvalue weighted by Gasteiger charge is 2.33. The van der Waals surface area contributed by atoms with Crippen LogP contribution < -0.4 is 0 Å². The summed E-state index contributed by atoms with van der Waals surface area (Å²) < 4.78 is 10.4. The highest BCUT2D eigenvalue weighted by molar-refractivity contribution is 5.91. The van der Waals surface area contributed by atoms with Crippen molar-refractivity contribution >= 4 is 11.9 Å². The number of cyclic esters (lactones) is 1. The van der Waals surface area contributed by atoms with Crippen LogP contribution >= 0.6 is 0 Å². The summed E-state index contributed by atoms with van der Waals surface area (Å²) in [6.07, 6.45) is 10.8. The molecule has 0 aromatic heterocycles. The van der Waals surface area contributed by atoms with Gasteiger partial charge in [0.05, 0.1) is 5.57 Å². The van der Waals surface area contributed by atoms with Gasteiger partial charge < -0.3 is 9.47 Å². The molecule has 144 valence electrons. The second-order valence-corrected chi connectivity index (χ2v) is 7.17. The minimum atomic E-state index is -0.498. The molecule has 26 heavy (non-hydrogen) atoms. The molecule has 0 radical (unpaired) electrons. The first-order chi connectivity index (χ1) is 12.2. The molecule has 0 saturated heterocycles. The van der Waals surface area contributed by atoms with E-state index in [1.165, 1.54) is 23.6 Å². The lowest BCUT2D eigenvalue weighted by Crippen LogP contribution is -2.14. The molecule has 0 bridgehead atoms. The third kappa shape index (κ3) is 7.85. The third-order valence-electron chi connectivity index (χ3n) is 4.27. The molecule has 0 fully saturated rings. The van der Waals surface area contributed by atoms with Gasteiger partial charge in [-0.15, -0.1) is 0 Å². The lowest BCUT2D eigenvalue weighted by atomic mass is 10.0. The number of esters is 2. The van der Waals surface area contributed by atoms with Crippen LogP contribution in [0.4, 0.5) is 0 Å². The molecule has 0 aromatic rings. The van der Waals surface area contributed by atoms with Gasteiger partial charge in [-0.1, -0.05) is 34.9 Å². The van der Waals surface area contributed by atoms with Crippen LogP contribution in [0.5, 0.6) is 0 Å². The molecule has 0 N–H and O–H groups in total. The first kappa shape index (κ1) is 21.9. The van der Waals surface area contributed by atoms with E-state index in [1.54, 1.807) is 6.92 Å². The van der Waals surface area contributed by atoms with E-state index in [1.807, 2.05) is 0 Å². The smallest absolute Gasteiger partial charge is 0.338 e. The average molecular weight is 360 g/mol. The monoisotopic (exact) mass is 360 g/mol. The van der Waals surface area contributed by atoms with Crippen LogP contribution in [0.1, 0.15) is 73.6 Å². The molecule has 0 amide bonds. The first-order valence-electron chi connectivity index (χ1n) is 9.25. The summed E-state index contributed by atoms with van der Waals surface area (Å²) in [6, 6.07) is 0. The van der Waals surface area contributed by atoms with Gasteiger partial charge in [-0.2, -0.15) is 0 Å². The Kier molecular flexibility index (Phi) is 9.11. The predicted molar refractivity (Wildman–Crippen MR) is 104 cm³/mol. The maximum Gasteiger partial charge on any atom is 0.338 e. The Hall–Kier alpha value is -2.10. The summed E-state index contributed by atoms with van der Waals surface area (Å²) in [5.41, 5.74) is 4.39. The molecule has 1 heterocycles. The van der Waals surface area contributed by atoms with Gasteiger partial charge >= 0.3 is 11.9 Å². The summed E-state index contributed by atoms with van der Waals surface area (Å²) in [6.45, 7) is 11.4. The molecule has 0 saturated carbocycles. The zero-order chi connectivity index (χ0) is 19.7. The van der Waals surface area contributed by atoms with Crippen molar-refractivity contribution in [3.8, 4) is 0 Å². The largest absolute Gasteiger partial charge is 0.450 e. The van der Waals surface area contributed by atoms with Crippen molar-refractivity contribution in [1.82, 2.24) is 0 Å². The lowest BCUT2D eigenvalue weighted by molar-refractivity contribution is -0.143. The number of allylic oxidation sites excluding steroid dienone is 5. The van der Waals surface area contributed by atoms with Crippen molar-refractivity contribution in [2.75, 3.05) is 0 Å². The van der Waals surface area contributed by atoms with Gasteiger partial charge in [0, 0.05) is 13.3 Å². The van der Waals surface area contributed by atoms with E-state index in [4.69, 9.17) is 9.47 Å². The minimum Gasteiger partial charge on any atom is -0.450 e. The maximum atomic E-state index is 11.7. The van der Waals surface area contributed by atoms with Crippen LogP contribution in [0.25, 0.3) is 0 Å². The fourth-order valence-electron chi connectivity index (χ4n) is 2.71. The van der Waals surface area contributed by atoms with Crippen molar-refractivity contribution in [1.29, 1.82) is 0 Å². The average Bonchev–Trinajstić information content (AvgIpc) is 2.80. The van der Waals surface area contributed by atoms with E-state index >= 15 is 0 Å². The van der Waals surface area contributed by atoms with E-state index < -0.39 is 18.0 Å². The van der Waals surface area contributed by atoms with Gasteiger partial charge in [0.15, 0.2) is 11.9 Å². The van der Waals surface area contributed by atoms with Crippen LogP contribution in [-0.2, 0) is 19.1 Å². The summed E-state index contributed by atoms with van der Waals surface area (Å²) in [5.74, 6) is -0.495. The summed E-state index contributed by atoms with van der Waals surface area (Å²) in [5, 5.41) is 0. The van der Waals surface area contributed by atoms with Crippen LogP contribution in [0.3, 0.4) is 0 Å². The van der Waals surface area contributed by atoms with Crippen LogP contribution in [0.15, 0.2) is 46.3 Å². The summed E-state index contributed by atoms with van der Waals surface area (Å²) in [7, 11) is 0. The number of hydrogen-bond acceptors (Lipinski definition) is 4. The second kappa shape index (κ2) is 10.8. The fourth-order valence-corrected chi connectivity index (χ4v) is 2.71. The summed E-state index contributed by atoms with van der Waals surface area (Å²) >= 11 is 0. The van der Waals surface area contributed by atoms with E-state index in [-0.39, 0.29) is 0 Å². The highest BCUT2D eigenvalue weighted by Crippen LogP contribution is 2.27. The van der Waals surface area contributed by atoms with Crippen molar-refractivity contribution in [3.05, 3.63) is 46.3 Å². The van der Waals surface area contributed by atoms with Crippen LogP contribution in [0.2, 0.25) is 0 Å². The Bertz CT molecular complexity index is 643. The molecule has 1 aliphatic rings. The Morgan fingerprint density at radius 3 is 2.15 bits per heavy atom. The maximum absolute atomic E-state index is 11.7. The van der Waals surface area contributed by atoms with Crippen molar-refractivity contribution in [2.45, 2.75) is 79.8 Å². The lowest BCUT2D eigenvalue weighted by Gasteiger charge is -2.12. The standard InChI is InChI=1S/C22H32O4/c1-15(2)9-7-10-16(3)11-8-12-17(4)13-14-20-21(25-19(6)23)18(5)22(24)26-20/h9,11,13,20H,7-8,10,12,14H2,1-6H3/b16-11+,17-13+. The van der Waals surface area contributed by atoms with Crippen LogP contribution in [-0.4, -0.2) is 18.0 Å². The number of ether oxygens (including phenoxy) is 2. The molecule has 0 aliphatic carbocycles. The van der Waals surface area contributed by atoms with E-state index in [0.717, 1.165) is 25.7 Å². The second-order valence-electron chi connectivity index (χ2n) is 7.17. The van der Waals surface area contributed by atoms with Gasteiger partial charge in [-0.25, -0.2) is 4.79 Å². The highest BCUT2D eigenvalue weighted by atomic mass is 16.6. The van der Waals surface area contributed by atoms with Gasteiger partial charge in [-0.3, -0.25) is 4.79 Å². The molecule has 4 nitrogen and oxygen atoms in total. The topological polar surface area (TPSA) is 52.6 Å². The molecule has 4 heteroatoms. The Morgan fingerprint density at radius 1 is 1.00 bits per heavy atom. The van der Waals surface area contributed by atoms with Gasteiger partial charge in [-0.05, 0) is 60.3 Å². The quantitative estimate of drug-likeness (QED) is 0.399. The summed E-state index contributed by atoms with van der Waals surface area (Å²) in [4.78, 5) is 22.9. The number of rotatable bonds is 9. The Balaban J connectivity index is 2.49. The Labute approximate surface area is 157 Å². The first-order valence-corrected chi connectivity index (χ1v) is 9.25. The Morgan fingerprint density at radius 2 is 1.58 bits per heavy atom. The molecule has 1 unspecified atom stereocenters. The molecular formula is C22H32O4. The SMILES string of the molecule is CC(=O)OC1=C(C)C(=O)OC1C/C=C(\C)CC/C=C(\C)CCC=C(C)C. The molecule has 1 atom stereocenters. The van der Waals surface area contributed by atoms with Gasteiger partial charge in [0.1, 0.15) is 0 Å². The zero-order valence-electron chi connectivity index (χ0n) is 17.0. The van der Waals surface area contributed by atoms with E-state index in [9.17, 15) is 9.59 Å². The molecular weight excluding hydrogens is 328 g/mol. The zero-order valence-corrected chi connectivity index (χ0v) is 17.0. The molecule has 0 spiro atoms. The van der Waals surface area contributed by atoms with Crippen molar-refractivity contribution in [2.24, 2.45) is 0 Å². The van der Waals surface area contributed by atoms with Crippen molar-refractivity contribution < 1.29 is 19.1 Å². The number of hydrogen-bond donors (Lipinski definition) is 0. The van der Waals surface area contributed by atoms with Crippen molar-refractivity contribution in [3.63, 3.8) is 0 Å². The van der Waals surface area contributed by atoms with Gasteiger partial charge in [0.2, 0.25) is 0 Å². The minimum absolute atomic E-state index is 0.349. The van der Waals surface area contributed by atoms with E-state index in [2.05, 4.69) is 45.9 Å². The van der Waals surface area contributed by atoms with Crippen LogP contribution in [0, 0.1) is 0 Å². The molecule has 1 rings (SSSR count). The number of carbonyl (C=O) groups is 2. The number of carbonyl (C=O) groups excluding carboxylic acids is 2. The predicted octanol–water partition coefficient (Wildman–Crippen LogP) is 5.56. The third-order valence-corrected chi connectivity index (χ3v) is 4.27. The molecule has 1 aliphatic heterocycles.